The van der Waals surface area contributed by atoms with E-state index in [2.05, 4.69) is 10.3 Å². The summed E-state index contributed by atoms with van der Waals surface area (Å²) >= 11 is 5.99. The Labute approximate surface area is 171 Å². The number of carbonyl (C=O) groups excluding carboxylic acids is 2. The molecule has 0 spiro atoms. The fraction of sp³-hybridized carbons (Fsp3) is 0.550. The number of nitrogens with one attached hydrogen (secondary N) is 1. The monoisotopic (exact) mass is 409 g/mol. The van der Waals surface area contributed by atoms with Crippen molar-refractivity contribution < 1.29 is 19.1 Å². The van der Waals surface area contributed by atoms with Gasteiger partial charge in [-0.1, -0.05) is 11.6 Å². The smallest absolute Gasteiger partial charge is 0.410 e. The Morgan fingerprint density at radius 1 is 1.39 bits per heavy atom. The quantitative estimate of drug-likeness (QED) is 0.416. The number of anilines is 1. The molecular weight excluding hydrogens is 382 g/mol. The van der Waals surface area contributed by atoms with E-state index in [9.17, 15) is 9.59 Å². The number of aromatic nitrogens is 1. The first-order valence-corrected chi connectivity index (χ1v) is 9.78. The van der Waals surface area contributed by atoms with Gasteiger partial charge in [0.15, 0.2) is 0 Å². The Morgan fingerprint density at radius 3 is 2.75 bits per heavy atom. The van der Waals surface area contributed by atoms with Crippen LogP contribution in [0.1, 0.15) is 39.7 Å². The normalized spacial score (nSPS) is 14.7. The van der Waals surface area contributed by atoms with E-state index >= 15 is 0 Å². The Hall–Kier alpha value is -2.28. The van der Waals surface area contributed by atoms with Crippen LogP contribution in [0.15, 0.2) is 18.3 Å². The molecule has 0 radical (unpaired) electrons. The summed E-state index contributed by atoms with van der Waals surface area (Å²) in [5, 5.41) is 3.70. The minimum Gasteiger partial charge on any atom is -0.463 e. The van der Waals surface area contributed by atoms with Crippen LogP contribution in [0, 0.1) is 5.92 Å². The van der Waals surface area contributed by atoms with E-state index < -0.39 is 11.6 Å². The highest BCUT2D eigenvalue weighted by Gasteiger charge is 2.33. The highest BCUT2D eigenvalue weighted by Crippen LogP contribution is 2.24. The van der Waals surface area contributed by atoms with Crippen LogP contribution >= 0.6 is 11.6 Å². The van der Waals surface area contributed by atoms with Gasteiger partial charge in [0.25, 0.3) is 0 Å². The van der Waals surface area contributed by atoms with Gasteiger partial charge >= 0.3 is 12.1 Å². The van der Waals surface area contributed by atoms with E-state index in [-0.39, 0.29) is 6.09 Å². The topological polar surface area (TPSA) is 80.8 Å². The van der Waals surface area contributed by atoms with Gasteiger partial charge in [-0.3, -0.25) is 0 Å². The number of halogens is 1. The van der Waals surface area contributed by atoms with E-state index in [1.807, 2.05) is 20.8 Å². The van der Waals surface area contributed by atoms with Crippen LogP contribution in [0.25, 0.3) is 6.08 Å². The molecule has 1 amide bonds. The summed E-state index contributed by atoms with van der Waals surface area (Å²) in [6.45, 7) is 9.78. The molecule has 0 bridgehead atoms. The molecule has 2 rings (SSSR count). The van der Waals surface area contributed by atoms with Gasteiger partial charge in [-0.25, -0.2) is 14.6 Å². The number of nitrogens with zero attached hydrogens (tertiary/aromatic N) is 2. The molecule has 1 aliphatic heterocycles. The maximum atomic E-state index is 12.0. The average molecular weight is 410 g/mol. The van der Waals surface area contributed by atoms with Crippen molar-refractivity contribution in [2.45, 2.75) is 39.7 Å². The van der Waals surface area contributed by atoms with E-state index in [0.717, 1.165) is 17.7 Å². The van der Waals surface area contributed by atoms with Gasteiger partial charge in [-0.15, -0.1) is 0 Å². The van der Waals surface area contributed by atoms with Crippen molar-refractivity contribution in [1.82, 2.24) is 9.88 Å². The number of likely N-dealkylation sites (tertiary alicyclic amines) is 1. The van der Waals surface area contributed by atoms with Crippen molar-refractivity contribution >= 4 is 35.4 Å². The first kappa shape index (κ1) is 22.0. The van der Waals surface area contributed by atoms with Gasteiger partial charge in [0.2, 0.25) is 0 Å². The zero-order chi connectivity index (χ0) is 20.7. The fourth-order valence-corrected chi connectivity index (χ4v) is 2.87. The summed E-state index contributed by atoms with van der Waals surface area (Å²) in [5.74, 6) is 0.0240. The lowest BCUT2D eigenvalue weighted by Gasteiger charge is -2.39. The van der Waals surface area contributed by atoms with Crippen LogP contribution in [0.2, 0.25) is 5.15 Å². The van der Waals surface area contributed by atoms with E-state index in [1.165, 1.54) is 6.08 Å². The Bertz CT molecular complexity index is 725. The van der Waals surface area contributed by atoms with Crippen molar-refractivity contribution in [3.05, 3.63) is 29.1 Å². The number of carbonyl (C=O) groups is 2. The van der Waals surface area contributed by atoms with Crippen molar-refractivity contribution in [3.63, 3.8) is 0 Å². The molecule has 7 nitrogen and oxygen atoms in total. The van der Waals surface area contributed by atoms with E-state index in [4.69, 9.17) is 21.1 Å². The third kappa shape index (κ3) is 7.03. The number of hydrogen-bond donors (Lipinski definition) is 1. The fourth-order valence-electron chi connectivity index (χ4n) is 2.71. The standard InChI is InChI=1S/C20H28ClN3O4/c1-5-27-18(25)7-6-15-11-23-17(21)10-16(15)22-9-8-14-12-24(13-14)19(26)28-20(2,3)4/h6-7,10-11,14H,5,8-9,12-13H2,1-4H3,(H,22,23). The number of pyridine rings is 1. The molecule has 1 fully saturated rings. The molecule has 0 unspecified atom stereocenters. The zero-order valence-electron chi connectivity index (χ0n) is 16.8. The lowest BCUT2D eigenvalue weighted by molar-refractivity contribution is -0.137. The summed E-state index contributed by atoms with van der Waals surface area (Å²) in [7, 11) is 0. The van der Waals surface area contributed by atoms with Crippen LogP contribution in [0.3, 0.4) is 0 Å². The predicted octanol–water partition coefficient (Wildman–Crippen LogP) is 3.98. The number of rotatable bonds is 7. The van der Waals surface area contributed by atoms with E-state index in [0.29, 0.717) is 37.3 Å². The maximum absolute atomic E-state index is 12.0. The van der Waals surface area contributed by atoms with Gasteiger partial charge in [-0.05, 0) is 52.2 Å². The van der Waals surface area contributed by atoms with Crippen molar-refractivity contribution in [1.29, 1.82) is 0 Å². The molecule has 154 valence electrons. The largest absolute Gasteiger partial charge is 0.463 e. The van der Waals surface area contributed by atoms with Crippen LogP contribution < -0.4 is 5.32 Å². The highest BCUT2D eigenvalue weighted by atomic mass is 35.5. The molecule has 0 aromatic carbocycles. The summed E-state index contributed by atoms with van der Waals surface area (Å²) in [6.07, 6.45) is 5.26. The van der Waals surface area contributed by atoms with Gasteiger partial charge in [0.05, 0.1) is 6.61 Å². The SMILES string of the molecule is CCOC(=O)C=Cc1cnc(Cl)cc1NCCC1CN(C(=O)OC(C)(C)C)C1. The molecule has 1 aromatic heterocycles. The third-order valence-electron chi connectivity index (χ3n) is 4.06. The molecule has 0 saturated carbocycles. The molecule has 0 aliphatic carbocycles. The Balaban J connectivity index is 1.81. The second kappa shape index (κ2) is 9.78. The van der Waals surface area contributed by atoms with Crippen molar-refractivity contribution in [3.8, 4) is 0 Å². The molecule has 8 heteroatoms. The summed E-state index contributed by atoms with van der Waals surface area (Å²) < 4.78 is 10.2. The molecule has 0 atom stereocenters. The summed E-state index contributed by atoms with van der Waals surface area (Å²) in [6, 6.07) is 1.72. The number of hydrogen-bond acceptors (Lipinski definition) is 6. The minimum absolute atomic E-state index is 0.260. The van der Waals surface area contributed by atoms with Crippen molar-refractivity contribution in [2.24, 2.45) is 5.92 Å². The first-order chi connectivity index (χ1) is 13.2. The molecule has 2 heterocycles. The van der Waals surface area contributed by atoms with Crippen LogP contribution in [0.5, 0.6) is 0 Å². The number of amides is 1. The van der Waals surface area contributed by atoms with Crippen LogP contribution in [-0.4, -0.2) is 53.8 Å². The zero-order valence-corrected chi connectivity index (χ0v) is 17.6. The molecular formula is C20H28ClN3O4. The number of ether oxygens (including phenoxy) is 2. The van der Waals surface area contributed by atoms with Gasteiger partial charge in [0, 0.05) is 43.2 Å². The lowest BCUT2D eigenvalue weighted by Crippen LogP contribution is -2.51. The lowest BCUT2D eigenvalue weighted by atomic mass is 9.97. The van der Waals surface area contributed by atoms with Crippen LogP contribution in [0.4, 0.5) is 10.5 Å². The molecule has 28 heavy (non-hydrogen) atoms. The van der Waals surface area contributed by atoms with Gasteiger partial charge in [0.1, 0.15) is 10.8 Å². The third-order valence-corrected chi connectivity index (χ3v) is 4.27. The first-order valence-electron chi connectivity index (χ1n) is 9.40. The molecule has 1 N–H and O–H groups in total. The second-order valence-corrected chi connectivity index (χ2v) is 8.03. The molecule has 1 aromatic rings. The minimum atomic E-state index is -0.474. The molecule has 1 aliphatic rings. The van der Waals surface area contributed by atoms with Gasteiger partial charge < -0.3 is 19.7 Å². The van der Waals surface area contributed by atoms with E-state index in [1.54, 1.807) is 30.2 Å². The molecule has 1 saturated heterocycles. The second-order valence-electron chi connectivity index (χ2n) is 7.65. The predicted molar refractivity (Wildman–Crippen MR) is 109 cm³/mol. The Kier molecular flexibility index (Phi) is 7.69. The average Bonchev–Trinajstić information content (AvgIpc) is 2.54. The summed E-state index contributed by atoms with van der Waals surface area (Å²) in [4.78, 5) is 29.2. The van der Waals surface area contributed by atoms with Crippen LogP contribution in [-0.2, 0) is 14.3 Å². The summed E-state index contributed by atoms with van der Waals surface area (Å²) in [5.41, 5.74) is 1.07. The maximum Gasteiger partial charge on any atom is 0.410 e. The Morgan fingerprint density at radius 2 is 2.11 bits per heavy atom. The number of esters is 1. The van der Waals surface area contributed by atoms with Gasteiger partial charge in [-0.2, -0.15) is 0 Å². The van der Waals surface area contributed by atoms with Crippen molar-refractivity contribution in [2.75, 3.05) is 31.6 Å². The highest BCUT2D eigenvalue weighted by molar-refractivity contribution is 6.29.